The standard InChI is InChI=1S/C19H12BrF3OS/c1-11-6-8-12(9-7-11)25-17-14-5-3-2-4-13(14)16(20)10-15(17)18(24)19(21,22)23/h2-10H,1H3. The van der Waals surface area contributed by atoms with Gasteiger partial charge < -0.3 is 0 Å². The van der Waals surface area contributed by atoms with Crippen LogP contribution in [0.15, 0.2) is 68.9 Å². The van der Waals surface area contributed by atoms with Crippen LogP contribution in [0.3, 0.4) is 0 Å². The molecule has 3 aromatic carbocycles. The molecular formula is C19H12BrF3OS. The number of alkyl halides is 3. The van der Waals surface area contributed by atoms with Gasteiger partial charge in [0.15, 0.2) is 0 Å². The van der Waals surface area contributed by atoms with Crippen molar-refractivity contribution in [2.45, 2.75) is 22.9 Å². The van der Waals surface area contributed by atoms with Gasteiger partial charge in [-0.05, 0) is 35.9 Å². The molecule has 0 saturated carbocycles. The molecule has 0 heterocycles. The lowest BCUT2D eigenvalue weighted by Gasteiger charge is -2.15. The van der Waals surface area contributed by atoms with E-state index >= 15 is 0 Å². The Morgan fingerprint density at radius 3 is 2.20 bits per heavy atom. The predicted molar refractivity (Wildman–Crippen MR) is 97.3 cm³/mol. The number of carbonyl (C=O) groups is 1. The van der Waals surface area contributed by atoms with Crippen LogP contribution in [-0.2, 0) is 0 Å². The van der Waals surface area contributed by atoms with Gasteiger partial charge in [0.05, 0.1) is 0 Å². The van der Waals surface area contributed by atoms with E-state index in [0.29, 0.717) is 14.8 Å². The first-order valence-electron chi connectivity index (χ1n) is 7.34. The van der Waals surface area contributed by atoms with Crippen molar-refractivity contribution in [1.82, 2.24) is 0 Å². The number of rotatable bonds is 3. The Morgan fingerprint density at radius 1 is 1.00 bits per heavy atom. The number of carbonyl (C=O) groups excluding carboxylic acids is 1. The summed E-state index contributed by atoms with van der Waals surface area (Å²) in [4.78, 5) is 13.1. The normalized spacial score (nSPS) is 11.7. The van der Waals surface area contributed by atoms with Gasteiger partial charge in [0, 0.05) is 19.8 Å². The molecule has 0 saturated heterocycles. The molecule has 0 aliphatic rings. The number of hydrogen-bond donors (Lipinski definition) is 0. The minimum atomic E-state index is -4.93. The molecule has 0 unspecified atom stereocenters. The van der Waals surface area contributed by atoms with Gasteiger partial charge in [-0.1, -0.05) is 69.7 Å². The summed E-state index contributed by atoms with van der Waals surface area (Å²) in [7, 11) is 0. The van der Waals surface area contributed by atoms with Crippen LogP contribution in [0.2, 0.25) is 0 Å². The van der Waals surface area contributed by atoms with Crippen molar-refractivity contribution >= 4 is 44.2 Å². The Bertz CT molecular complexity index is 949. The van der Waals surface area contributed by atoms with E-state index in [1.54, 1.807) is 24.3 Å². The molecule has 25 heavy (non-hydrogen) atoms. The van der Waals surface area contributed by atoms with Crippen LogP contribution in [0.25, 0.3) is 10.8 Å². The van der Waals surface area contributed by atoms with Gasteiger partial charge in [-0.25, -0.2) is 0 Å². The fourth-order valence-electron chi connectivity index (χ4n) is 2.46. The first-order valence-corrected chi connectivity index (χ1v) is 8.95. The molecule has 0 bridgehead atoms. The molecule has 0 atom stereocenters. The van der Waals surface area contributed by atoms with Crippen LogP contribution < -0.4 is 0 Å². The van der Waals surface area contributed by atoms with Crippen molar-refractivity contribution < 1.29 is 18.0 Å². The van der Waals surface area contributed by atoms with Gasteiger partial charge in [-0.15, -0.1) is 0 Å². The van der Waals surface area contributed by atoms with Gasteiger partial charge in [0.25, 0.3) is 5.78 Å². The summed E-state index contributed by atoms with van der Waals surface area (Å²) < 4.78 is 39.7. The van der Waals surface area contributed by atoms with E-state index in [0.717, 1.165) is 27.6 Å². The zero-order valence-electron chi connectivity index (χ0n) is 13.0. The molecule has 0 spiro atoms. The lowest BCUT2D eigenvalue weighted by molar-refractivity contribution is -0.0886. The number of ketones is 1. The van der Waals surface area contributed by atoms with Gasteiger partial charge in [0.2, 0.25) is 0 Å². The third-order valence-electron chi connectivity index (χ3n) is 3.69. The lowest BCUT2D eigenvalue weighted by Crippen LogP contribution is -2.23. The molecule has 3 rings (SSSR count). The van der Waals surface area contributed by atoms with E-state index in [1.165, 1.54) is 6.07 Å². The Kier molecular flexibility index (Phi) is 4.93. The van der Waals surface area contributed by atoms with Crippen molar-refractivity contribution in [2.75, 3.05) is 0 Å². The smallest absolute Gasteiger partial charge is 0.284 e. The second kappa shape index (κ2) is 6.84. The van der Waals surface area contributed by atoms with Gasteiger partial charge >= 0.3 is 6.18 Å². The van der Waals surface area contributed by atoms with Crippen LogP contribution >= 0.6 is 27.7 Å². The van der Waals surface area contributed by atoms with E-state index in [1.807, 2.05) is 31.2 Å². The number of benzene rings is 3. The third kappa shape index (κ3) is 3.75. The predicted octanol–water partition coefficient (Wildman–Crippen LogP) is 6.81. The first-order chi connectivity index (χ1) is 11.8. The summed E-state index contributed by atoms with van der Waals surface area (Å²) in [6.07, 6.45) is -4.93. The minimum Gasteiger partial charge on any atom is -0.284 e. The number of hydrogen-bond acceptors (Lipinski definition) is 2. The maximum Gasteiger partial charge on any atom is 0.454 e. The van der Waals surface area contributed by atoms with Crippen LogP contribution in [0, 0.1) is 6.92 Å². The van der Waals surface area contributed by atoms with E-state index in [4.69, 9.17) is 0 Å². The van der Waals surface area contributed by atoms with Crippen molar-refractivity contribution in [3.63, 3.8) is 0 Å². The van der Waals surface area contributed by atoms with Gasteiger partial charge in [-0.3, -0.25) is 4.79 Å². The molecule has 0 amide bonds. The van der Waals surface area contributed by atoms with Crippen molar-refractivity contribution in [3.05, 3.63) is 70.2 Å². The second-order valence-corrected chi connectivity index (χ2v) is 7.46. The zero-order chi connectivity index (χ0) is 18.2. The molecule has 0 fully saturated rings. The molecule has 1 nitrogen and oxygen atoms in total. The fraction of sp³-hybridized carbons (Fsp3) is 0.105. The molecule has 3 aromatic rings. The largest absolute Gasteiger partial charge is 0.454 e. The number of fused-ring (bicyclic) bond motifs is 1. The number of halogens is 4. The molecule has 0 radical (unpaired) electrons. The molecule has 0 aromatic heterocycles. The Morgan fingerprint density at radius 2 is 1.60 bits per heavy atom. The molecule has 0 aliphatic carbocycles. The quantitative estimate of drug-likeness (QED) is 0.429. The highest BCUT2D eigenvalue weighted by Gasteiger charge is 2.41. The molecule has 128 valence electrons. The van der Waals surface area contributed by atoms with E-state index in [-0.39, 0.29) is 5.56 Å². The topological polar surface area (TPSA) is 17.1 Å². The number of aryl methyl sites for hydroxylation is 1. The van der Waals surface area contributed by atoms with Crippen molar-refractivity contribution in [2.24, 2.45) is 0 Å². The average molecular weight is 425 g/mol. The summed E-state index contributed by atoms with van der Waals surface area (Å²) in [5.41, 5.74) is 0.709. The molecule has 0 aliphatic heterocycles. The van der Waals surface area contributed by atoms with Crippen molar-refractivity contribution in [1.29, 1.82) is 0 Å². The third-order valence-corrected chi connectivity index (χ3v) is 5.50. The summed E-state index contributed by atoms with van der Waals surface area (Å²) >= 11 is 4.45. The Labute approximate surface area is 155 Å². The maximum atomic E-state index is 13.1. The summed E-state index contributed by atoms with van der Waals surface area (Å²) in [5.74, 6) is -1.84. The molecular weight excluding hydrogens is 413 g/mol. The monoisotopic (exact) mass is 424 g/mol. The van der Waals surface area contributed by atoms with Gasteiger partial charge in [0.1, 0.15) is 0 Å². The summed E-state index contributed by atoms with van der Waals surface area (Å²) in [6, 6.07) is 15.8. The Hall–Kier alpha value is -1.79. The first kappa shape index (κ1) is 18.0. The van der Waals surface area contributed by atoms with Crippen LogP contribution in [0.1, 0.15) is 15.9 Å². The fourth-order valence-corrected chi connectivity index (χ4v) is 4.09. The molecule has 0 N–H and O–H groups in total. The van der Waals surface area contributed by atoms with Gasteiger partial charge in [-0.2, -0.15) is 13.2 Å². The van der Waals surface area contributed by atoms with E-state index < -0.39 is 12.0 Å². The number of Topliss-reactive ketones (excluding diaryl/α,β-unsaturated/α-hetero) is 1. The van der Waals surface area contributed by atoms with E-state index in [2.05, 4.69) is 15.9 Å². The molecule has 6 heteroatoms. The summed E-state index contributed by atoms with van der Waals surface area (Å²) in [6.45, 7) is 1.93. The van der Waals surface area contributed by atoms with Crippen LogP contribution in [0.4, 0.5) is 13.2 Å². The average Bonchev–Trinajstić information content (AvgIpc) is 2.57. The van der Waals surface area contributed by atoms with Crippen molar-refractivity contribution in [3.8, 4) is 0 Å². The highest BCUT2D eigenvalue weighted by molar-refractivity contribution is 9.10. The van der Waals surface area contributed by atoms with E-state index in [9.17, 15) is 18.0 Å². The van der Waals surface area contributed by atoms with Crippen LogP contribution in [-0.4, -0.2) is 12.0 Å². The second-order valence-electron chi connectivity index (χ2n) is 5.52. The SMILES string of the molecule is Cc1ccc(Sc2c(C(=O)C(F)(F)F)cc(Br)c3ccccc23)cc1. The minimum absolute atomic E-state index is 0.310. The summed E-state index contributed by atoms with van der Waals surface area (Å²) in [5, 5.41) is 1.37. The lowest BCUT2D eigenvalue weighted by atomic mass is 10.0. The Balaban J connectivity index is 2.23. The highest BCUT2D eigenvalue weighted by atomic mass is 79.9. The highest BCUT2D eigenvalue weighted by Crippen LogP contribution is 2.41. The zero-order valence-corrected chi connectivity index (χ0v) is 15.4. The van der Waals surface area contributed by atoms with Crippen LogP contribution in [0.5, 0.6) is 0 Å². The maximum absolute atomic E-state index is 13.1.